The zero-order chi connectivity index (χ0) is 22.5. The van der Waals surface area contributed by atoms with Crippen LogP contribution in [0.3, 0.4) is 0 Å². The monoisotopic (exact) mass is 492 g/mol. The highest BCUT2D eigenvalue weighted by Crippen LogP contribution is 2.34. The van der Waals surface area contributed by atoms with Crippen molar-refractivity contribution >= 4 is 33.8 Å². The number of methoxy groups -OCH3 is 1. The SMILES string of the molecule is COc1ccc(C2CC(c3cccc(Br)c3)=NN2C(=O)COc2ccccc2C=O)cc1. The molecule has 4 rings (SSSR count). The van der Waals surface area contributed by atoms with Gasteiger partial charge in [0.1, 0.15) is 11.5 Å². The first-order valence-corrected chi connectivity index (χ1v) is 10.8. The van der Waals surface area contributed by atoms with Gasteiger partial charge >= 0.3 is 0 Å². The lowest BCUT2D eigenvalue weighted by Gasteiger charge is -2.22. The van der Waals surface area contributed by atoms with Gasteiger partial charge in [0.15, 0.2) is 12.9 Å². The normalized spacial score (nSPS) is 15.2. The van der Waals surface area contributed by atoms with Crippen LogP contribution < -0.4 is 9.47 Å². The Hall–Kier alpha value is -3.45. The third-order valence-corrected chi connectivity index (χ3v) is 5.71. The summed E-state index contributed by atoms with van der Waals surface area (Å²) in [5, 5.41) is 6.13. The third-order valence-electron chi connectivity index (χ3n) is 5.22. The Kier molecular flexibility index (Phi) is 6.66. The molecule has 1 amide bonds. The Bertz CT molecular complexity index is 1160. The lowest BCUT2D eigenvalue weighted by molar-refractivity contribution is -0.135. The quantitative estimate of drug-likeness (QED) is 0.434. The van der Waals surface area contributed by atoms with E-state index in [0.717, 1.165) is 27.1 Å². The average Bonchev–Trinajstić information content (AvgIpc) is 3.28. The molecule has 6 nitrogen and oxygen atoms in total. The van der Waals surface area contributed by atoms with Crippen molar-refractivity contribution in [2.75, 3.05) is 13.7 Å². The second kappa shape index (κ2) is 9.78. The van der Waals surface area contributed by atoms with E-state index in [1.165, 1.54) is 5.01 Å². The van der Waals surface area contributed by atoms with Crippen LogP contribution in [0.2, 0.25) is 0 Å². The standard InChI is InChI=1S/C25H21BrN2O4/c1-31-21-11-9-17(10-12-21)23-14-22(18-6-4-7-20(26)13-18)27-28(23)25(30)16-32-24-8-3-2-5-19(24)15-29/h2-13,15,23H,14,16H2,1H3. The summed E-state index contributed by atoms with van der Waals surface area (Å²) < 4.78 is 11.9. The summed E-state index contributed by atoms with van der Waals surface area (Å²) in [5.74, 6) is 0.815. The molecule has 1 atom stereocenters. The van der Waals surface area contributed by atoms with E-state index in [1.807, 2.05) is 48.5 Å². The molecule has 0 spiro atoms. The minimum absolute atomic E-state index is 0.229. The highest BCUT2D eigenvalue weighted by Gasteiger charge is 2.33. The lowest BCUT2D eigenvalue weighted by atomic mass is 9.98. The number of aldehydes is 1. The minimum Gasteiger partial charge on any atom is -0.497 e. The van der Waals surface area contributed by atoms with Gasteiger partial charge in [-0.1, -0.05) is 52.3 Å². The molecule has 32 heavy (non-hydrogen) atoms. The molecule has 0 saturated carbocycles. The van der Waals surface area contributed by atoms with Crippen LogP contribution in [0.25, 0.3) is 0 Å². The van der Waals surface area contributed by atoms with E-state index < -0.39 is 0 Å². The second-order valence-corrected chi connectivity index (χ2v) is 8.15. The van der Waals surface area contributed by atoms with Gasteiger partial charge in [-0.2, -0.15) is 5.10 Å². The molecule has 0 saturated heterocycles. The largest absolute Gasteiger partial charge is 0.497 e. The fraction of sp³-hybridized carbons (Fsp3) is 0.160. The number of hydrazone groups is 1. The van der Waals surface area contributed by atoms with Crippen LogP contribution in [0.5, 0.6) is 11.5 Å². The van der Waals surface area contributed by atoms with Gasteiger partial charge in [-0.15, -0.1) is 0 Å². The van der Waals surface area contributed by atoms with E-state index >= 15 is 0 Å². The maximum Gasteiger partial charge on any atom is 0.281 e. The van der Waals surface area contributed by atoms with Crippen molar-refractivity contribution in [3.8, 4) is 11.5 Å². The van der Waals surface area contributed by atoms with Gasteiger partial charge in [0.05, 0.1) is 24.4 Å². The van der Waals surface area contributed by atoms with Gasteiger partial charge < -0.3 is 9.47 Å². The van der Waals surface area contributed by atoms with Crippen LogP contribution in [-0.4, -0.2) is 36.6 Å². The van der Waals surface area contributed by atoms with Crippen LogP contribution in [0.4, 0.5) is 0 Å². The molecule has 0 bridgehead atoms. The summed E-state index contributed by atoms with van der Waals surface area (Å²) in [7, 11) is 1.61. The summed E-state index contributed by atoms with van der Waals surface area (Å²) in [6.45, 7) is -0.229. The van der Waals surface area contributed by atoms with Crippen LogP contribution >= 0.6 is 15.9 Å². The predicted molar refractivity (Wildman–Crippen MR) is 125 cm³/mol. The van der Waals surface area contributed by atoms with Crippen LogP contribution in [-0.2, 0) is 4.79 Å². The van der Waals surface area contributed by atoms with Gasteiger partial charge in [0.25, 0.3) is 5.91 Å². The van der Waals surface area contributed by atoms with Crippen molar-refractivity contribution in [3.05, 3.63) is 94.0 Å². The lowest BCUT2D eigenvalue weighted by Crippen LogP contribution is -2.31. The number of ether oxygens (including phenoxy) is 2. The first kappa shape index (κ1) is 21.8. The molecule has 1 heterocycles. The Labute approximate surface area is 194 Å². The highest BCUT2D eigenvalue weighted by atomic mass is 79.9. The van der Waals surface area contributed by atoms with Crippen LogP contribution in [0, 0.1) is 0 Å². The second-order valence-electron chi connectivity index (χ2n) is 7.23. The van der Waals surface area contributed by atoms with Gasteiger partial charge in [0, 0.05) is 10.9 Å². The molecule has 1 unspecified atom stereocenters. The molecular formula is C25H21BrN2O4. The maximum absolute atomic E-state index is 13.1. The Morgan fingerprint density at radius 1 is 1.12 bits per heavy atom. The molecule has 1 aliphatic rings. The van der Waals surface area contributed by atoms with E-state index in [2.05, 4.69) is 21.0 Å². The summed E-state index contributed by atoms with van der Waals surface area (Å²) in [6.07, 6.45) is 1.28. The van der Waals surface area contributed by atoms with Crippen molar-refractivity contribution in [2.24, 2.45) is 5.10 Å². The number of benzene rings is 3. The number of nitrogens with zero attached hydrogens (tertiary/aromatic N) is 2. The Balaban J connectivity index is 1.60. The van der Waals surface area contributed by atoms with E-state index in [4.69, 9.17) is 9.47 Å². The van der Waals surface area contributed by atoms with Gasteiger partial charge in [-0.25, -0.2) is 5.01 Å². The molecule has 3 aromatic carbocycles. The molecule has 0 N–H and O–H groups in total. The topological polar surface area (TPSA) is 68.2 Å². The smallest absolute Gasteiger partial charge is 0.281 e. The van der Waals surface area contributed by atoms with Crippen molar-refractivity contribution in [1.82, 2.24) is 5.01 Å². The van der Waals surface area contributed by atoms with Crippen molar-refractivity contribution < 1.29 is 19.1 Å². The zero-order valence-electron chi connectivity index (χ0n) is 17.4. The first-order valence-electron chi connectivity index (χ1n) is 10.1. The van der Waals surface area contributed by atoms with Gasteiger partial charge in [-0.3, -0.25) is 9.59 Å². The van der Waals surface area contributed by atoms with Crippen molar-refractivity contribution in [3.63, 3.8) is 0 Å². The molecule has 0 aromatic heterocycles. The molecule has 7 heteroatoms. The van der Waals surface area contributed by atoms with E-state index in [-0.39, 0.29) is 18.6 Å². The van der Waals surface area contributed by atoms with Crippen molar-refractivity contribution in [2.45, 2.75) is 12.5 Å². The number of hydrogen-bond acceptors (Lipinski definition) is 5. The molecule has 0 fully saturated rings. The minimum atomic E-state index is -0.295. The Morgan fingerprint density at radius 3 is 2.62 bits per heavy atom. The molecule has 0 radical (unpaired) electrons. The summed E-state index contributed by atoms with van der Waals surface area (Å²) in [4.78, 5) is 24.4. The number of amides is 1. The Morgan fingerprint density at radius 2 is 1.91 bits per heavy atom. The molecular weight excluding hydrogens is 472 g/mol. The molecule has 3 aromatic rings. The van der Waals surface area contributed by atoms with Crippen LogP contribution in [0.1, 0.15) is 33.9 Å². The maximum atomic E-state index is 13.1. The van der Waals surface area contributed by atoms with E-state index in [9.17, 15) is 9.59 Å². The van der Waals surface area contributed by atoms with Gasteiger partial charge in [0.2, 0.25) is 0 Å². The third kappa shape index (κ3) is 4.73. The van der Waals surface area contributed by atoms with Crippen LogP contribution in [0.15, 0.2) is 82.4 Å². The molecule has 0 aliphatic carbocycles. The fourth-order valence-electron chi connectivity index (χ4n) is 3.58. The van der Waals surface area contributed by atoms with E-state index in [0.29, 0.717) is 24.0 Å². The molecule has 1 aliphatic heterocycles. The zero-order valence-corrected chi connectivity index (χ0v) is 19.0. The fourth-order valence-corrected chi connectivity index (χ4v) is 3.98. The summed E-state index contributed by atoms with van der Waals surface area (Å²) in [6, 6.07) is 22.0. The average molecular weight is 493 g/mol. The van der Waals surface area contributed by atoms with Crippen molar-refractivity contribution in [1.29, 1.82) is 0 Å². The van der Waals surface area contributed by atoms with E-state index in [1.54, 1.807) is 31.4 Å². The van der Waals surface area contributed by atoms with Gasteiger partial charge in [-0.05, 0) is 47.5 Å². The summed E-state index contributed by atoms with van der Waals surface area (Å²) in [5.41, 5.74) is 3.10. The number of para-hydroxylation sites is 1. The number of hydrogen-bond donors (Lipinski definition) is 0. The highest BCUT2D eigenvalue weighted by molar-refractivity contribution is 9.10. The molecule has 162 valence electrons. The number of carbonyl (C=O) groups is 2. The predicted octanol–water partition coefficient (Wildman–Crippen LogP) is 5.03. The summed E-state index contributed by atoms with van der Waals surface area (Å²) >= 11 is 3.50. The number of carbonyl (C=O) groups excluding carboxylic acids is 2. The first-order chi connectivity index (χ1) is 15.6. The number of rotatable bonds is 7. The number of halogens is 1.